The van der Waals surface area contributed by atoms with E-state index >= 15 is 0 Å². The van der Waals surface area contributed by atoms with Crippen molar-refractivity contribution in [2.24, 2.45) is 17.1 Å². The van der Waals surface area contributed by atoms with Crippen LogP contribution in [-0.4, -0.2) is 82.3 Å². The predicted octanol–water partition coefficient (Wildman–Crippen LogP) is 6.32. The molecule has 2 aromatic rings. The van der Waals surface area contributed by atoms with Gasteiger partial charge in [-0.25, -0.2) is 0 Å². The van der Waals surface area contributed by atoms with Crippen molar-refractivity contribution >= 4 is 35.0 Å². The number of halogens is 2. The van der Waals surface area contributed by atoms with Gasteiger partial charge in [0, 0.05) is 25.1 Å². The van der Waals surface area contributed by atoms with Crippen molar-refractivity contribution in [1.29, 1.82) is 0 Å². The molecular formula is C35H47Cl2N3O6. The molecule has 9 nitrogen and oxygen atoms in total. The van der Waals surface area contributed by atoms with Gasteiger partial charge >= 0.3 is 0 Å². The first kappa shape index (κ1) is 34.6. The Kier molecular flexibility index (Phi) is 11.3. The second-order valence-electron chi connectivity index (χ2n) is 13.0. The Balaban J connectivity index is 1.36. The minimum absolute atomic E-state index is 0.00478. The molecule has 1 saturated carbocycles. The van der Waals surface area contributed by atoms with Crippen molar-refractivity contribution in [3.63, 3.8) is 0 Å². The number of morpholine rings is 1. The minimum Gasteiger partial charge on any atom is -0.493 e. The van der Waals surface area contributed by atoms with E-state index in [1.165, 1.54) is 53.4 Å². The van der Waals surface area contributed by atoms with Crippen LogP contribution in [0.1, 0.15) is 73.7 Å². The zero-order chi connectivity index (χ0) is 32.9. The van der Waals surface area contributed by atoms with Crippen molar-refractivity contribution in [1.82, 2.24) is 9.80 Å². The van der Waals surface area contributed by atoms with Crippen LogP contribution in [0.5, 0.6) is 17.2 Å². The van der Waals surface area contributed by atoms with Crippen LogP contribution < -0.4 is 19.9 Å². The van der Waals surface area contributed by atoms with Gasteiger partial charge in [0.05, 0.1) is 44.5 Å². The van der Waals surface area contributed by atoms with Crippen LogP contribution in [0.25, 0.3) is 0 Å². The van der Waals surface area contributed by atoms with E-state index in [9.17, 15) is 9.59 Å². The van der Waals surface area contributed by atoms with Crippen LogP contribution in [0.15, 0.2) is 30.3 Å². The summed E-state index contributed by atoms with van der Waals surface area (Å²) in [5, 5.41) is 0.906. The van der Waals surface area contributed by atoms with Gasteiger partial charge in [-0.1, -0.05) is 48.5 Å². The third-order valence-electron chi connectivity index (χ3n) is 10.5. The smallest absolute Gasteiger partial charge is 0.254 e. The van der Waals surface area contributed by atoms with Crippen molar-refractivity contribution in [3.05, 3.63) is 51.5 Å². The molecule has 0 aromatic heterocycles. The number of nitrogens with zero attached hydrogens (tertiary/aromatic N) is 2. The van der Waals surface area contributed by atoms with Crippen LogP contribution in [0.2, 0.25) is 10.0 Å². The molecule has 1 atom stereocenters. The van der Waals surface area contributed by atoms with Gasteiger partial charge in [0.15, 0.2) is 11.5 Å². The molecule has 252 valence electrons. The molecule has 3 fully saturated rings. The summed E-state index contributed by atoms with van der Waals surface area (Å²) in [5.41, 5.74) is 6.31. The zero-order valence-electron chi connectivity index (χ0n) is 27.2. The van der Waals surface area contributed by atoms with E-state index in [1.54, 1.807) is 18.2 Å². The summed E-state index contributed by atoms with van der Waals surface area (Å²) < 4.78 is 23.1. The quantitative estimate of drug-likeness (QED) is 0.298. The van der Waals surface area contributed by atoms with E-state index < -0.39 is 5.60 Å². The first-order valence-electron chi connectivity index (χ1n) is 16.3. The lowest BCUT2D eigenvalue weighted by Gasteiger charge is -2.49. The van der Waals surface area contributed by atoms with E-state index in [1.807, 2.05) is 17.0 Å². The molecule has 11 heteroatoms. The summed E-state index contributed by atoms with van der Waals surface area (Å²) in [5.74, 6) is 1.48. The topological polar surface area (TPSA) is 104 Å². The predicted molar refractivity (Wildman–Crippen MR) is 179 cm³/mol. The molecule has 2 aliphatic heterocycles. The summed E-state index contributed by atoms with van der Waals surface area (Å²) in [6, 6.07) is 8.94. The summed E-state index contributed by atoms with van der Waals surface area (Å²) in [6.07, 6.45) is 9.20. The number of benzene rings is 2. The fourth-order valence-corrected chi connectivity index (χ4v) is 8.24. The van der Waals surface area contributed by atoms with E-state index in [-0.39, 0.29) is 17.2 Å². The fraction of sp³-hybridized carbons (Fsp3) is 0.600. The van der Waals surface area contributed by atoms with Gasteiger partial charge in [-0.2, -0.15) is 0 Å². The van der Waals surface area contributed by atoms with Crippen LogP contribution >= 0.6 is 23.2 Å². The highest BCUT2D eigenvalue weighted by molar-refractivity contribution is 6.42. The number of hydrogen-bond acceptors (Lipinski definition) is 7. The van der Waals surface area contributed by atoms with Crippen LogP contribution in [0, 0.1) is 11.3 Å². The number of methoxy groups -OCH3 is 3. The van der Waals surface area contributed by atoms with Gasteiger partial charge < -0.3 is 34.5 Å². The number of ether oxygens (including phenoxy) is 4. The number of primary amides is 1. The Morgan fingerprint density at radius 2 is 1.61 bits per heavy atom. The maximum atomic E-state index is 14.0. The summed E-state index contributed by atoms with van der Waals surface area (Å²) in [7, 11) is 4.60. The number of amides is 2. The molecule has 3 aliphatic rings. The molecule has 1 unspecified atom stereocenters. The molecule has 0 bridgehead atoms. The summed E-state index contributed by atoms with van der Waals surface area (Å²) in [6.45, 7) is 3.69. The largest absolute Gasteiger partial charge is 0.493 e. The second-order valence-corrected chi connectivity index (χ2v) is 13.9. The molecule has 5 rings (SSSR count). The summed E-state index contributed by atoms with van der Waals surface area (Å²) in [4.78, 5) is 30.5. The van der Waals surface area contributed by atoms with E-state index in [0.29, 0.717) is 71.3 Å². The Hall–Kier alpha value is -2.72. The molecule has 2 heterocycles. The van der Waals surface area contributed by atoms with Gasteiger partial charge in [0.1, 0.15) is 5.60 Å². The van der Waals surface area contributed by atoms with Gasteiger partial charge in [-0.3, -0.25) is 9.59 Å². The second kappa shape index (κ2) is 15.0. The highest BCUT2D eigenvalue weighted by Gasteiger charge is 2.44. The summed E-state index contributed by atoms with van der Waals surface area (Å²) >= 11 is 12.8. The van der Waals surface area contributed by atoms with Crippen molar-refractivity contribution in [2.75, 3.05) is 60.7 Å². The first-order valence-corrected chi connectivity index (χ1v) is 17.1. The molecule has 2 N–H and O–H groups in total. The number of nitrogens with two attached hydrogens (primary N) is 1. The fourth-order valence-electron chi connectivity index (χ4n) is 7.95. The molecule has 2 amide bonds. The van der Waals surface area contributed by atoms with Gasteiger partial charge in [-0.05, 0) is 86.4 Å². The lowest BCUT2D eigenvalue weighted by molar-refractivity contribution is -0.124. The highest BCUT2D eigenvalue weighted by atomic mass is 35.5. The van der Waals surface area contributed by atoms with Gasteiger partial charge in [0.2, 0.25) is 11.7 Å². The molecule has 1 aliphatic carbocycles. The van der Waals surface area contributed by atoms with Gasteiger partial charge in [0.25, 0.3) is 5.91 Å². The van der Waals surface area contributed by atoms with E-state index in [2.05, 4.69) is 4.90 Å². The number of hydrogen-bond donors (Lipinski definition) is 1. The molecule has 0 radical (unpaired) electrons. The third-order valence-corrected chi connectivity index (χ3v) is 11.3. The number of piperidine rings is 1. The monoisotopic (exact) mass is 675 g/mol. The van der Waals surface area contributed by atoms with E-state index in [0.717, 1.165) is 38.0 Å². The number of carbonyl (C=O) groups is 2. The number of rotatable bonds is 11. The van der Waals surface area contributed by atoms with Crippen molar-refractivity contribution in [2.45, 2.75) is 63.4 Å². The molecule has 0 spiro atoms. The van der Waals surface area contributed by atoms with Gasteiger partial charge in [-0.15, -0.1) is 0 Å². The number of carbonyl (C=O) groups excluding carboxylic acids is 2. The van der Waals surface area contributed by atoms with Crippen molar-refractivity contribution in [3.8, 4) is 17.2 Å². The lowest BCUT2D eigenvalue weighted by atomic mass is 9.62. The van der Waals surface area contributed by atoms with Crippen LogP contribution in [-0.2, 0) is 15.1 Å². The lowest BCUT2D eigenvalue weighted by Crippen LogP contribution is -2.53. The first-order chi connectivity index (χ1) is 22.1. The highest BCUT2D eigenvalue weighted by Crippen LogP contribution is 2.48. The Morgan fingerprint density at radius 3 is 2.20 bits per heavy atom. The van der Waals surface area contributed by atoms with Crippen LogP contribution in [0.3, 0.4) is 0 Å². The maximum Gasteiger partial charge on any atom is 0.254 e. The molecule has 46 heavy (non-hydrogen) atoms. The maximum absolute atomic E-state index is 14.0. The Bertz CT molecular complexity index is 1370. The van der Waals surface area contributed by atoms with Crippen molar-refractivity contribution < 1.29 is 28.5 Å². The standard InChI is InChI=1S/C35H47Cl2N3O6/c1-43-29-19-24(20-30(44-2)32(29)45-3)33(42)40-17-18-46-35(23-40,26-9-10-27(36)28(37)21-26)13-16-39-14-11-34(12-15-39,22-31(38)41)25-7-5-4-6-8-25/h9-10,19-21,25H,4-8,11-18,22-23H2,1-3H3,(H2,38,41). The Labute approximate surface area is 282 Å². The molecular weight excluding hydrogens is 629 g/mol. The number of likely N-dealkylation sites (tertiary alicyclic amines) is 1. The molecule has 2 saturated heterocycles. The third kappa shape index (κ3) is 7.38. The average molecular weight is 677 g/mol. The van der Waals surface area contributed by atoms with E-state index in [4.69, 9.17) is 47.9 Å². The zero-order valence-corrected chi connectivity index (χ0v) is 28.8. The average Bonchev–Trinajstić information content (AvgIpc) is 3.08. The minimum atomic E-state index is -0.798. The Morgan fingerprint density at radius 1 is 0.935 bits per heavy atom. The SMILES string of the molecule is COc1cc(C(=O)N2CCOC(CCN3CCC(CC(N)=O)(C4CCCCC4)CC3)(c3ccc(Cl)c(Cl)c3)C2)cc(OC)c1OC. The normalized spacial score (nSPS) is 22.3. The van der Waals surface area contributed by atoms with Crippen LogP contribution in [0.4, 0.5) is 0 Å². The molecule has 2 aromatic carbocycles.